The molecule has 0 radical (unpaired) electrons. The number of hydrogen-bond donors (Lipinski definition) is 0. The van der Waals surface area contributed by atoms with Gasteiger partial charge in [0.25, 0.3) is 0 Å². The van der Waals surface area contributed by atoms with Gasteiger partial charge >= 0.3 is 0 Å². The van der Waals surface area contributed by atoms with Crippen molar-refractivity contribution in [2.45, 2.75) is 0 Å². The maximum absolute atomic E-state index is 6.36. The number of aromatic nitrogens is 3. The van der Waals surface area contributed by atoms with Crippen LogP contribution in [0, 0.1) is 0 Å². The first-order chi connectivity index (χ1) is 28.2. The van der Waals surface area contributed by atoms with Gasteiger partial charge in [0.05, 0.1) is 0 Å². The topological polar surface area (TPSA) is 51.8 Å². The van der Waals surface area contributed by atoms with Crippen LogP contribution in [0.3, 0.4) is 0 Å². The summed E-state index contributed by atoms with van der Waals surface area (Å²) in [4.78, 5) is 15.2. The van der Waals surface area contributed by atoms with E-state index in [9.17, 15) is 0 Å². The van der Waals surface area contributed by atoms with Crippen LogP contribution in [0.25, 0.3) is 119 Å². The number of nitrogens with zero attached hydrogens (tertiary/aromatic N) is 3. The molecule has 4 nitrogen and oxygen atoms in total. The molecule has 0 aliphatic carbocycles. The zero-order valence-corrected chi connectivity index (χ0v) is 31.9. The molecule has 57 heavy (non-hydrogen) atoms. The zero-order chi connectivity index (χ0) is 37.5. The van der Waals surface area contributed by atoms with Gasteiger partial charge in [0, 0.05) is 73.4 Å². The molecule has 0 amide bonds. The Labute approximate surface area is 335 Å². The fraction of sp³-hybridized carbons (Fsp3) is 0. The molecule has 0 saturated heterocycles. The standard InChI is InChI=1S/C51H29N3OS2/c1-3-14-30(15-4-1)49-52-50(31-16-5-2-6-17-31)54-51(53-49)39-24-12-22-35-34-21-11-23-36(47(34)57-48(35)39)40-28-32(29-44-46(40)38-19-8-10-27-43(38)56-44)33-20-13-26-42-45(33)37-18-7-9-25-41(37)55-42/h1-29H. The van der Waals surface area contributed by atoms with Gasteiger partial charge in [0.1, 0.15) is 11.2 Å². The summed E-state index contributed by atoms with van der Waals surface area (Å²) in [5, 5.41) is 7.24. The Kier molecular flexibility index (Phi) is 7.24. The van der Waals surface area contributed by atoms with Gasteiger partial charge in [-0.05, 0) is 53.1 Å². The van der Waals surface area contributed by atoms with Crippen molar-refractivity contribution in [1.29, 1.82) is 0 Å². The van der Waals surface area contributed by atoms with Crippen LogP contribution in [0.1, 0.15) is 0 Å². The summed E-state index contributed by atoms with van der Waals surface area (Å²) in [5.41, 5.74) is 9.48. The highest BCUT2D eigenvalue weighted by Crippen LogP contribution is 2.49. The molecule has 4 aromatic heterocycles. The van der Waals surface area contributed by atoms with E-state index >= 15 is 0 Å². The summed E-state index contributed by atoms with van der Waals surface area (Å²) in [6.07, 6.45) is 0. The van der Waals surface area contributed by atoms with Crippen molar-refractivity contribution in [2.75, 3.05) is 0 Å². The molecule has 4 heterocycles. The van der Waals surface area contributed by atoms with Crippen molar-refractivity contribution in [3.8, 4) is 56.4 Å². The fourth-order valence-corrected chi connectivity index (χ4v) is 10.9. The van der Waals surface area contributed by atoms with Crippen molar-refractivity contribution >= 4 is 85.0 Å². The van der Waals surface area contributed by atoms with Crippen LogP contribution < -0.4 is 0 Å². The van der Waals surface area contributed by atoms with E-state index in [1.165, 1.54) is 57.9 Å². The van der Waals surface area contributed by atoms with Crippen molar-refractivity contribution in [2.24, 2.45) is 0 Å². The lowest BCUT2D eigenvalue weighted by Crippen LogP contribution is -2.00. The quantitative estimate of drug-likeness (QED) is 0.175. The minimum atomic E-state index is 0.655. The van der Waals surface area contributed by atoms with Gasteiger partial charge in [0.15, 0.2) is 17.5 Å². The Balaban J connectivity index is 1.12. The summed E-state index contributed by atoms with van der Waals surface area (Å²) in [6, 6.07) is 61.9. The first-order valence-electron chi connectivity index (χ1n) is 18.9. The van der Waals surface area contributed by atoms with E-state index in [4.69, 9.17) is 19.4 Å². The van der Waals surface area contributed by atoms with Crippen molar-refractivity contribution in [3.63, 3.8) is 0 Å². The number of hydrogen-bond acceptors (Lipinski definition) is 6. The highest BCUT2D eigenvalue weighted by atomic mass is 32.1. The van der Waals surface area contributed by atoms with E-state index in [1.54, 1.807) is 0 Å². The SMILES string of the molecule is c1ccc(-c2nc(-c3ccccc3)nc(-c3cccc4c3sc3c(-c5cc(-c6cccc7oc8ccccc8c67)cc6sc7ccccc7c56)cccc34)n2)cc1. The molecular weight excluding hydrogens is 735 g/mol. The first-order valence-corrected chi connectivity index (χ1v) is 20.6. The van der Waals surface area contributed by atoms with Crippen LogP contribution >= 0.6 is 22.7 Å². The lowest BCUT2D eigenvalue weighted by atomic mass is 9.92. The molecule has 266 valence electrons. The van der Waals surface area contributed by atoms with E-state index in [1.807, 2.05) is 65.1 Å². The average molecular weight is 764 g/mol. The fourth-order valence-electron chi connectivity index (χ4n) is 8.37. The van der Waals surface area contributed by atoms with Crippen molar-refractivity contribution in [3.05, 3.63) is 176 Å². The van der Waals surface area contributed by atoms with Gasteiger partial charge in [-0.1, -0.05) is 140 Å². The predicted molar refractivity (Wildman–Crippen MR) is 240 cm³/mol. The second-order valence-corrected chi connectivity index (χ2v) is 16.4. The molecule has 6 heteroatoms. The molecule has 0 fully saturated rings. The van der Waals surface area contributed by atoms with Crippen LogP contribution in [0.2, 0.25) is 0 Å². The molecule has 8 aromatic carbocycles. The minimum Gasteiger partial charge on any atom is -0.456 e. The molecule has 0 aliphatic heterocycles. The van der Waals surface area contributed by atoms with Crippen LogP contribution in [-0.4, -0.2) is 15.0 Å². The van der Waals surface area contributed by atoms with E-state index in [-0.39, 0.29) is 0 Å². The zero-order valence-electron chi connectivity index (χ0n) is 30.3. The van der Waals surface area contributed by atoms with Gasteiger partial charge < -0.3 is 4.42 Å². The molecule has 0 bridgehead atoms. The van der Waals surface area contributed by atoms with Gasteiger partial charge in [-0.15, -0.1) is 22.7 Å². The van der Waals surface area contributed by atoms with E-state index < -0.39 is 0 Å². The number of thiophene rings is 2. The van der Waals surface area contributed by atoms with Crippen molar-refractivity contribution < 1.29 is 4.42 Å². The molecular formula is C51H29N3OS2. The second kappa shape index (κ2) is 12.8. The van der Waals surface area contributed by atoms with Gasteiger partial charge in [-0.3, -0.25) is 0 Å². The second-order valence-electron chi connectivity index (χ2n) is 14.3. The van der Waals surface area contributed by atoms with Crippen LogP contribution in [0.4, 0.5) is 0 Å². The molecule has 0 aliphatic rings. The molecule has 0 N–H and O–H groups in total. The summed E-state index contributed by atoms with van der Waals surface area (Å²) >= 11 is 3.68. The average Bonchev–Trinajstić information content (AvgIpc) is 3.98. The smallest absolute Gasteiger partial charge is 0.165 e. The number of fused-ring (bicyclic) bond motifs is 9. The van der Waals surface area contributed by atoms with Crippen LogP contribution in [-0.2, 0) is 0 Å². The lowest BCUT2D eigenvalue weighted by molar-refractivity contribution is 0.669. The Morgan fingerprint density at radius 3 is 1.65 bits per heavy atom. The number of benzene rings is 8. The summed E-state index contributed by atoms with van der Waals surface area (Å²) in [7, 11) is 0. The van der Waals surface area contributed by atoms with E-state index in [2.05, 4.69) is 133 Å². The van der Waals surface area contributed by atoms with Crippen molar-refractivity contribution in [1.82, 2.24) is 15.0 Å². The molecule has 0 unspecified atom stereocenters. The molecule has 12 rings (SSSR count). The lowest BCUT2D eigenvalue weighted by Gasteiger charge is -2.11. The Hall–Kier alpha value is -6.99. The van der Waals surface area contributed by atoms with Gasteiger partial charge in [0.2, 0.25) is 0 Å². The van der Waals surface area contributed by atoms with E-state index in [0.29, 0.717) is 17.5 Å². The molecule has 0 saturated carbocycles. The number of para-hydroxylation sites is 1. The number of rotatable bonds is 5. The first kappa shape index (κ1) is 32.3. The Morgan fingerprint density at radius 1 is 0.333 bits per heavy atom. The van der Waals surface area contributed by atoms with Crippen LogP contribution in [0.5, 0.6) is 0 Å². The maximum atomic E-state index is 6.36. The summed E-state index contributed by atoms with van der Waals surface area (Å²) in [5.74, 6) is 1.97. The monoisotopic (exact) mass is 763 g/mol. The Bertz CT molecular complexity index is 3470. The molecule has 0 atom stereocenters. The molecule has 0 spiro atoms. The summed E-state index contributed by atoms with van der Waals surface area (Å²) < 4.78 is 11.3. The molecule has 12 aromatic rings. The highest BCUT2D eigenvalue weighted by molar-refractivity contribution is 7.27. The third-order valence-corrected chi connectivity index (χ3v) is 13.4. The normalized spacial score (nSPS) is 11.9. The maximum Gasteiger partial charge on any atom is 0.165 e. The van der Waals surface area contributed by atoms with Crippen LogP contribution in [0.15, 0.2) is 180 Å². The van der Waals surface area contributed by atoms with Gasteiger partial charge in [-0.25, -0.2) is 15.0 Å². The Morgan fingerprint density at radius 2 is 0.895 bits per heavy atom. The largest absolute Gasteiger partial charge is 0.456 e. The summed E-state index contributed by atoms with van der Waals surface area (Å²) in [6.45, 7) is 0. The highest BCUT2D eigenvalue weighted by Gasteiger charge is 2.21. The third kappa shape index (κ3) is 5.15. The third-order valence-electron chi connectivity index (χ3n) is 10.9. The van der Waals surface area contributed by atoms with Gasteiger partial charge in [-0.2, -0.15) is 0 Å². The van der Waals surface area contributed by atoms with E-state index in [0.717, 1.165) is 43.3 Å². The minimum absolute atomic E-state index is 0.655. The number of furan rings is 1. The predicted octanol–water partition coefficient (Wildman–Crippen LogP) is 14.8.